The third kappa shape index (κ3) is 2.06. The molecule has 1 aromatic rings. The molecule has 0 amide bonds. The second-order valence-corrected chi connectivity index (χ2v) is 4.63. The molecule has 0 aliphatic carbocycles. The van der Waals surface area contributed by atoms with Crippen LogP contribution in [0.25, 0.3) is 0 Å². The molecule has 1 aliphatic heterocycles. The maximum absolute atomic E-state index is 10.6. The van der Waals surface area contributed by atoms with Gasteiger partial charge in [-0.25, -0.2) is 0 Å². The number of nitrogens with one attached hydrogen (secondary N) is 1. The van der Waals surface area contributed by atoms with Crippen molar-refractivity contribution in [2.45, 2.75) is 32.3 Å². The lowest BCUT2D eigenvalue weighted by Gasteiger charge is -2.34. The van der Waals surface area contributed by atoms with Gasteiger partial charge in [-0.05, 0) is 44.4 Å². The van der Waals surface area contributed by atoms with Crippen LogP contribution >= 0.6 is 0 Å². The van der Waals surface area contributed by atoms with Gasteiger partial charge in [0.1, 0.15) is 5.60 Å². The van der Waals surface area contributed by atoms with Crippen LogP contribution in [0.4, 0.5) is 0 Å². The van der Waals surface area contributed by atoms with Crippen molar-refractivity contribution >= 4 is 0 Å². The minimum Gasteiger partial charge on any atom is -0.384 e. The average Bonchev–Trinajstić information content (AvgIpc) is 2.18. The summed E-state index contributed by atoms with van der Waals surface area (Å²) in [5.41, 5.74) is 2.88. The summed E-state index contributed by atoms with van der Waals surface area (Å²) < 4.78 is 0. The predicted molar refractivity (Wildman–Crippen MR) is 61.9 cm³/mol. The van der Waals surface area contributed by atoms with Gasteiger partial charge >= 0.3 is 0 Å². The molecular formula is C13H19NO. The van der Waals surface area contributed by atoms with E-state index in [1.54, 1.807) is 0 Å². The van der Waals surface area contributed by atoms with E-state index in [1.807, 2.05) is 0 Å². The quantitative estimate of drug-likeness (QED) is 0.733. The lowest BCUT2D eigenvalue weighted by molar-refractivity contribution is 0.0117. The fourth-order valence-electron chi connectivity index (χ4n) is 2.46. The van der Waals surface area contributed by atoms with E-state index in [-0.39, 0.29) is 0 Å². The first-order chi connectivity index (χ1) is 7.12. The summed E-state index contributed by atoms with van der Waals surface area (Å²) >= 11 is 0. The maximum atomic E-state index is 10.6. The molecule has 1 heterocycles. The molecule has 15 heavy (non-hydrogen) atoms. The molecule has 82 valence electrons. The van der Waals surface area contributed by atoms with Gasteiger partial charge in [0.25, 0.3) is 0 Å². The number of benzene rings is 1. The highest BCUT2D eigenvalue weighted by Crippen LogP contribution is 2.30. The van der Waals surface area contributed by atoms with E-state index in [4.69, 9.17) is 0 Å². The standard InChI is InChI=1S/C13H19NO/c1-10-4-5-12(11(2)8-10)13(15)6-3-7-14-9-13/h4-5,8,14-15H,3,6-7,9H2,1-2H3. The number of aryl methyl sites for hydroxylation is 2. The second kappa shape index (κ2) is 3.95. The third-order valence-corrected chi connectivity index (χ3v) is 3.24. The maximum Gasteiger partial charge on any atom is 0.102 e. The lowest BCUT2D eigenvalue weighted by atomic mass is 9.84. The van der Waals surface area contributed by atoms with Crippen molar-refractivity contribution < 1.29 is 5.11 Å². The van der Waals surface area contributed by atoms with Crippen LogP contribution in [0.15, 0.2) is 18.2 Å². The van der Waals surface area contributed by atoms with E-state index >= 15 is 0 Å². The summed E-state index contributed by atoms with van der Waals surface area (Å²) in [6.45, 7) is 5.86. The van der Waals surface area contributed by atoms with Gasteiger partial charge in [0.15, 0.2) is 0 Å². The zero-order valence-electron chi connectivity index (χ0n) is 9.51. The molecule has 1 aromatic carbocycles. The van der Waals surface area contributed by atoms with Gasteiger partial charge in [0.05, 0.1) is 0 Å². The average molecular weight is 205 g/mol. The molecule has 2 N–H and O–H groups in total. The normalized spacial score (nSPS) is 26.6. The van der Waals surface area contributed by atoms with E-state index in [0.717, 1.165) is 24.9 Å². The summed E-state index contributed by atoms with van der Waals surface area (Å²) in [5, 5.41) is 13.8. The van der Waals surface area contributed by atoms with Gasteiger partial charge in [-0.2, -0.15) is 0 Å². The number of hydrogen-bond donors (Lipinski definition) is 2. The van der Waals surface area contributed by atoms with E-state index in [2.05, 4.69) is 37.4 Å². The molecule has 0 saturated carbocycles. The predicted octanol–water partition coefficient (Wildman–Crippen LogP) is 1.87. The Kier molecular flexibility index (Phi) is 2.81. The zero-order valence-corrected chi connectivity index (χ0v) is 9.51. The van der Waals surface area contributed by atoms with Gasteiger partial charge in [-0.1, -0.05) is 23.8 Å². The summed E-state index contributed by atoms with van der Waals surface area (Å²) in [7, 11) is 0. The minimum atomic E-state index is -0.657. The fraction of sp³-hybridized carbons (Fsp3) is 0.538. The van der Waals surface area contributed by atoms with Crippen LogP contribution in [-0.2, 0) is 5.60 Å². The Bertz CT molecular complexity index is 354. The smallest absolute Gasteiger partial charge is 0.102 e. The number of rotatable bonds is 1. The van der Waals surface area contributed by atoms with Crippen LogP contribution in [0.5, 0.6) is 0 Å². The molecule has 0 aromatic heterocycles. The van der Waals surface area contributed by atoms with Crippen molar-refractivity contribution in [3.05, 3.63) is 34.9 Å². The van der Waals surface area contributed by atoms with Crippen LogP contribution in [0.3, 0.4) is 0 Å². The molecule has 1 aliphatic rings. The van der Waals surface area contributed by atoms with Crippen LogP contribution < -0.4 is 5.32 Å². The van der Waals surface area contributed by atoms with Crippen LogP contribution in [-0.4, -0.2) is 18.2 Å². The van der Waals surface area contributed by atoms with E-state index < -0.39 is 5.60 Å². The number of hydrogen-bond acceptors (Lipinski definition) is 2. The molecule has 1 fully saturated rings. The summed E-state index contributed by atoms with van der Waals surface area (Å²) in [6, 6.07) is 6.29. The van der Waals surface area contributed by atoms with Crippen LogP contribution in [0.1, 0.15) is 29.5 Å². The molecule has 1 unspecified atom stereocenters. The van der Waals surface area contributed by atoms with Crippen LogP contribution in [0, 0.1) is 13.8 Å². The molecule has 0 radical (unpaired) electrons. The molecule has 2 nitrogen and oxygen atoms in total. The number of β-amino-alcohol motifs (C(OH)–C–C–N with tert-alkyl or cyclic N) is 1. The Balaban J connectivity index is 2.35. The Hall–Kier alpha value is -0.860. The third-order valence-electron chi connectivity index (χ3n) is 3.24. The fourth-order valence-corrected chi connectivity index (χ4v) is 2.46. The highest BCUT2D eigenvalue weighted by atomic mass is 16.3. The number of aliphatic hydroxyl groups is 1. The molecule has 0 bridgehead atoms. The molecule has 0 spiro atoms. The minimum absolute atomic E-state index is 0.657. The van der Waals surface area contributed by atoms with Crippen molar-refractivity contribution in [1.29, 1.82) is 0 Å². The highest BCUT2D eigenvalue weighted by molar-refractivity contribution is 5.35. The van der Waals surface area contributed by atoms with Crippen LogP contribution in [0.2, 0.25) is 0 Å². The Morgan fingerprint density at radius 3 is 2.73 bits per heavy atom. The van der Waals surface area contributed by atoms with Crippen molar-refractivity contribution in [3.8, 4) is 0 Å². The summed E-state index contributed by atoms with van der Waals surface area (Å²) in [5.74, 6) is 0. The SMILES string of the molecule is Cc1ccc(C2(O)CCCNC2)c(C)c1. The molecule has 1 atom stereocenters. The van der Waals surface area contributed by atoms with Crippen molar-refractivity contribution in [2.24, 2.45) is 0 Å². The first-order valence-electron chi connectivity index (χ1n) is 5.63. The molecular weight excluding hydrogens is 186 g/mol. The van der Waals surface area contributed by atoms with Gasteiger partial charge in [-0.15, -0.1) is 0 Å². The Labute approximate surface area is 91.3 Å². The number of piperidine rings is 1. The van der Waals surface area contributed by atoms with Gasteiger partial charge in [0.2, 0.25) is 0 Å². The first kappa shape index (κ1) is 10.7. The van der Waals surface area contributed by atoms with Gasteiger partial charge in [-0.3, -0.25) is 0 Å². The Morgan fingerprint density at radius 2 is 2.13 bits per heavy atom. The second-order valence-electron chi connectivity index (χ2n) is 4.63. The Morgan fingerprint density at radius 1 is 1.33 bits per heavy atom. The van der Waals surface area contributed by atoms with E-state index in [1.165, 1.54) is 11.1 Å². The molecule has 2 rings (SSSR count). The molecule has 2 heteroatoms. The monoisotopic (exact) mass is 205 g/mol. The van der Waals surface area contributed by atoms with E-state index in [9.17, 15) is 5.11 Å². The zero-order chi connectivity index (χ0) is 10.9. The highest BCUT2D eigenvalue weighted by Gasteiger charge is 2.32. The van der Waals surface area contributed by atoms with Gasteiger partial charge < -0.3 is 10.4 Å². The van der Waals surface area contributed by atoms with E-state index in [0.29, 0.717) is 6.54 Å². The largest absolute Gasteiger partial charge is 0.384 e. The van der Waals surface area contributed by atoms with Crippen molar-refractivity contribution in [3.63, 3.8) is 0 Å². The topological polar surface area (TPSA) is 32.3 Å². The molecule has 1 saturated heterocycles. The summed E-state index contributed by atoms with van der Waals surface area (Å²) in [4.78, 5) is 0. The first-order valence-corrected chi connectivity index (χ1v) is 5.63. The van der Waals surface area contributed by atoms with Crippen molar-refractivity contribution in [2.75, 3.05) is 13.1 Å². The van der Waals surface area contributed by atoms with Gasteiger partial charge in [0, 0.05) is 6.54 Å². The van der Waals surface area contributed by atoms with Crippen molar-refractivity contribution in [1.82, 2.24) is 5.32 Å². The lowest BCUT2D eigenvalue weighted by Crippen LogP contribution is -2.43. The summed E-state index contributed by atoms with van der Waals surface area (Å²) in [6.07, 6.45) is 1.91.